The Balaban J connectivity index is 2.10. The quantitative estimate of drug-likeness (QED) is 0.730. The van der Waals surface area contributed by atoms with E-state index >= 15 is 0 Å². The van der Waals surface area contributed by atoms with Crippen LogP contribution in [0.2, 0.25) is 0 Å². The van der Waals surface area contributed by atoms with Gasteiger partial charge in [0.15, 0.2) is 0 Å². The molecule has 1 aromatic rings. The number of carbonyl (C=O) groups is 1. The molecule has 0 bridgehead atoms. The molecule has 0 amide bonds. The van der Waals surface area contributed by atoms with Crippen LogP contribution >= 0.6 is 11.3 Å². The van der Waals surface area contributed by atoms with Crippen LogP contribution in [-0.2, 0) is 16.0 Å². The number of nitrogens with zero attached hydrogens (tertiary/aromatic N) is 1. The van der Waals surface area contributed by atoms with Crippen molar-refractivity contribution in [1.29, 1.82) is 0 Å². The number of rotatable bonds is 6. The van der Waals surface area contributed by atoms with Gasteiger partial charge in [0, 0.05) is 11.3 Å². The zero-order chi connectivity index (χ0) is 10.4. The summed E-state index contributed by atoms with van der Waals surface area (Å²) in [6.07, 6.45) is 0.887. The minimum atomic E-state index is -0.820. The second-order valence-electron chi connectivity index (χ2n) is 2.87. The Morgan fingerprint density at radius 3 is 3.00 bits per heavy atom. The van der Waals surface area contributed by atoms with Crippen molar-refractivity contribution < 1.29 is 14.6 Å². The highest BCUT2D eigenvalue weighted by Crippen LogP contribution is 2.12. The van der Waals surface area contributed by atoms with Gasteiger partial charge in [-0.1, -0.05) is 0 Å². The van der Waals surface area contributed by atoms with Crippen molar-refractivity contribution >= 4 is 17.3 Å². The molecule has 0 atom stereocenters. The lowest BCUT2D eigenvalue weighted by Gasteiger charge is -2.00. The molecule has 0 aromatic carbocycles. The topological polar surface area (TPSA) is 59.4 Å². The highest BCUT2D eigenvalue weighted by atomic mass is 32.1. The first-order chi connectivity index (χ1) is 6.70. The van der Waals surface area contributed by atoms with Crippen LogP contribution in [-0.4, -0.2) is 29.3 Å². The van der Waals surface area contributed by atoms with E-state index in [-0.39, 0.29) is 13.0 Å². The Hall–Kier alpha value is -0.940. The number of hydrogen-bond donors (Lipinski definition) is 1. The predicted molar refractivity (Wildman–Crippen MR) is 53.6 cm³/mol. The first kappa shape index (κ1) is 11.1. The van der Waals surface area contributed by atoms with E-state index in [4.69, 9.17) is 9.84 Å². The van der Waals surface area contributed by atoms with Crippen molar-refractivity contribution in [1.82, 2.24) is 4.98 Å². The maximum absolute atomic E-state index is 10.2. The van der Waals surface area contributed by atoms with Crippen LogP contribution in [0.15, 0.2) is 5.51 Å². The van der Waals surface area contributed by atoms with Gasteiger partial charge in [-0.15, -0.1) is 11.3 Å². The largest absolute Gasteiger partial charge is 0.481 e. The van der Waals surface area contributed by atoms with Crippen molar-refractivity contribution in [3.8, 4) is 0 Å². The smallest absolute Gasteiger partial charge is 0.305 e. The van der Waals surface area contributed by atoms with Gasteiger partial charge in [-0.2, -0.15) is 0 Å². The summed E-state index contributed by atoms with van der Waals surface area (Å²) in [5, 5.41) is 8.35. The number of hydrogen-bond acceptors (Lipinski definition) is 4. The van der Waals surface area contributed by atoms with Gasteiger partial charge in [0.25, 0.3) is 0 Å². The third-order valence-corrected chi connectivity index (χ3v) is 2.77. The van der Waals surface area contributed by atoms with Crippen LogP contribution in [0.1, 0.15) is 17.0 Å². The molecule has 14 heavy (non-hydrogen) atoms. The molecule has 0 saturated carbocycles. The van der Waals surface area contributed by atoms with E-state index in [0.29, 0.717) is 6.61 Å². The summed E-state index contributed by atoms with van der Waals surface area (Å²) in [5.41, 5.74) is 2.85. The fraction of sp³-hybridized carbons (Fsp3) is 0.556. The fourth-order valence-corrected chi connectivity index (χ4v) is 1.76. The van der Waals surface area contributed by atoms with Crippen LogP contribution in [0.5, 0.6) is 0 Å². The van der Waals surface area contributed by atoms with Gasteiger partial charge < -0.3 is 9.84 Å². The van der Waals surface area contributed by atoms with Gasteiger partial charge in [0.1, 0.15) is 0 Å². The third kappa shape index (κ3) is 3.85. The van der Waals surface area contributed by atoms with Crippen LogP contribution in [0.25, 0.3) is 0 Å². The Bertz CT molecular complexity index is 298. The molecule has 1 heterocycles. The standard InChI is InChI=1S/C9H13NO3S/c1-7-8(14-6-10-7)2-4-13-5-3-9(11)12/h6H,2-5H2,1H3,(H,11,12). The molecule has 5 heteroatoms. The highest BCUT2D eigenvalue weighted by molar-refractivity contribution is 7.09. The third-order valence-electron chi connectivity index (χ3n) is 1.78. The van der Waals surface area contributed by atoms with Gasteiger partial charge >= 0.3 is 5.97 Å². The molecule has 4 nitrogen and oxygen atoms in total. The summed E-state index contributed by atoms with van der Waals surface area (Å²) < 4.78 is 5.17. The maximum Gasteiger partial charge on any atom is 0.305 e. The molecule has 0 aliphatic rings. The number of aryl methyl sites for hydroxylation is 1. The van der Waals surface area contributed by atoms with E-state index < -0.39 is 5.97 Å². The number of aliphatic carboxylic acids is 1. The van der Waals surface area contributed by atoms with Crippen LogP contribution in [0.4, 0.5) is 0 Å². The monoisotopic (exact) mass is 215 g/mol. The number of ether oxygens (including phenoxy) is 1. The molecule has 1 rings (SSSR count). The Morgan fingerprint density at radius 2 is 2.43 bits per heavy atom. The molecule has 1 aromatic heterocycles. The minimum Gasteiger partial charge on any atom is -0.481 e. The second kappa shape index (κ2) is 5.72. The lowest BCUT2D eigenvalue weighted by Crippen LogP contribution is -2.05. The van der Waals surface area contributed by atoms with Gasteiger partial charge in [-0.05, 0) is 6.92 Å². The molecule has 0 unspecified atom stereocenters. The first-order valence-corrected chi connectivity index (χ1v) is 5.26. The molecular formula is C9H13NO3S. The Kier molecular flexibility index (Phi) is 4.55. The van der Waals surface area contributed by atoms with Crippen LogP contribution in [0.3, 0.4) is 0 Å². The zero-order valence-electron chi connectivity index (χ0n) is 8.02. The highest BCUT2D eigenvalue weighted by Gasteiger charge is 2.01. The summed E-state index contributed by atoms with van der Waals surface area (Å²) in [6, 6.07) is 0. The average molecular weight is 215 g/mol. The summed E-state index contributed by atoms with van der Waals surface area (Å²) in [5.74, 6) is -0.820. The summed E-state index contributed by atoms with van der Waals surface area (Å²) in [4.78, 5) is 15.5. The van der Waals surface area contributed by atoms with E-state index in [1.54, 1.807) is 11.3 Å². The summed E-state index contributed by atoms with van der Waals surface area (Å²) in [7, 11) is 0. The van der Waals surface area contributed by atoms with E-state index in [1.807, 2.05) is 12.4 Å². The van der Waals surface area contributed by atoms with Crippen LogP contribution in [0, 0.1) is 6.92 Å². The van der Waals surface area contributed by atoms with Gasteiger partial charge in [0.05, 0.1) is 30.8 Å². The number of carboxylic acids is 1. The minimum absolute atomic E-state index is 0.0711. The lowest BCUT2D eigenvalue weighted by atomic mass is 10.3. The van der Waals surface area contributed by atoms with Crippen molar-refractivity contribution in [2.75, 3.05) is 13.2 Å². The van der Waals surface area contributed by atoms with Gasteiger partial charge in [0.2, 0.25) is 0 Å². The van der Waals surface area contributed by atoms with E-state index in [0.717, 1.165) is 12.1 Å². The Morgan fingerprint density at radius 1 is 1.64 bits per heavy atom. The predicted octanol–water partition coefficient (Wildman–Crippen LogP) is 1.49. The molecule has 0 spiro atoms. The fourth-order valence-electron chi connectivity index (χ4n) is 0.993. The van der Waals surface area contributed by atoms with Crippen LogP contribution < -0.4 is 0 Å². The number of aromatic nitrogens is 1. The number of carboxylic acid groups (broad SMARTS) is 1. The SMILES string of the molecule is Cc1ncsc1CCOCCC(=O)O. The Labute approximate surface area is 86.6 Å². The molecule has 0 aliphatic carbocycles. The summed E-state index contributed by atoms with van der Waals surface area (Å²) in [6.45, 7) is 2.81. The van der Waals surface area contributed by atoms with Gasteiger partial charge in [-0.25, -0.2) is 4.98 Å². The molecule has 0 saturated heterocycles. The van der Waals surface area contributed by atoms with E-state index in [2.05, 4.69) is 4.98 Å². The molecular weight excluding hydrogens is 202 g/mol. The maximum atomic E-state index is 10.2. The zero-order valence-corrected chi connectivity index (χ0v) is 8.84. The molecule has 0 radical (unpaired) electrons. The normalized spacial score (nSPS) is 10.4. The molecule has 0 aliphatic heterocycles. The van der Waals surface area contributed by atoms with E-state index in [9.17, 15) is 4.79 Å². The molecule has 78 valence electrons. The molecule has 1 N–H and O–H groups in total. The van der Waals surface area contributed by atoms with Crippen molar-refractivity contribution in [3.05, 3.63) is 16.1 Å². The number of thiazole rings is 1. The van der Waals surface area contributed by atoms with Crippen molar-refractivity contribution in [2.24, 2.45) is 0 Å². The first-order valence-electron chi connectivity index (χ1n) is 4.38. The average Bonchev–Trinajstić information content (AvgIpc) is 2.51. The van der Waals surface area contributed by atoms with Crippen molar-refractivity contribution in [3.63, 3.8) is 0 Å². The summed E-state index contributed by atoms with van der Waals surface area (Å²) >= 11 is 1.61. The van der Waals surface area contributed by atoms with Crippen molar-refractivity contribution in [2.45, 2.75) is 19.8 Å². The molecule has 0 fully saturated rings. The van der Waals surface area contributed by atoms with Gasteiger partial charge in [-0.3, -0.25) is 4.79 Å². The lowest BCUT2D eigenvalue weighted by molar-refractivity contribution is -0.138. The second-order valence-corrected chi connectivity index (χ2v) is 3.81. The van der Waals surface area contributed by atoms with E-state index in [1.165, 1.54) is 4.88 Å².